The van der Waals surface area contributed by atoms with Crippen molar-refractivity contribution in [1.29, 1.82) is 0 Å². The van der Waals surface area contributed by atoms with Crippen molar-refractivity contribution in [3.63, 3.8) is 0 Å². The second kappa shape index (κ2) is 7.97. The number of rotatable bonds is 5. The molecule has 0 unspecified atom stereocenters. The molecule has 6 heteroatoms. The number of amides is 1. The zero-order valence-corrected chi connectivity index (χ0v) is 15.9. The quantitative estimate of drug-likeness (QED) is 0.822. The van der Waals surface area contributed by atoms with E-state index in [9.17, 15) is 4.79 Å². The van der Waals surface area contributed by atoms with Crippen LogP contribution in [0.25, 0.3) is 0 Å². The standard InChI is InChI=1S/C19H25N3O2S/c1-14(2)21-8-10-22(11-9-21)19(23)17-13-25-18(20-17)12-24-16-6-4-15(3)5-7-16/h4-7,13-14H,8-12H2,1-3H3. The molecule has 25 heavy (non-hydrogen) atoms. The second-order valence-electron chi connectivity index (χ2n) is 6.65. The van der Waals surface area contributed by atoms with Crippen LogP contribution in [0.2, 0.25) is 0 Å². The summed E-state index contributed by atoms with van der Waals surface area (Å²) in [5.74, 6) is 0.847. The van der Waals surface area contributed by atoms with Gasteiger partial charge < -0.3 is 9.64 Å². The molecule has 0 saturated carbocycles. The van der Waals surface area contributed by atoms with Crippen molar-refractivity contribution < 1.29 is 9.53 Å². The molecule has 1 saturated heterocycles. The number of aryl methyl sites for hydroxylation is 1. The average molecular weight is 359 g/mol. The highest BCUT2D eigenvalue weighted by molar-refractivity contribution is 7.09. The van der Waals surface area contributed by atoms with Gasteiger partial charge in [-0.3, -0.25) is 9.69 Å². The summed E-state index contributed by atoms with van der Waals surface area (Å²) in [6.07, 6.45) is 0. The number of ether oxygens (including phenoxy) is 1. The SMILES string of the molecule is Cc1ccc(OCc2nc(C(=O)N3CCN(C(C)C)CC3)cs2)cc1. The Labute approximate surface area is 153 Å². The molecule has 134 valence electrons. The zero-order chi connectivity index (χ0) is 17.8. The molecule has 0 radical (unpaired) electrons. The van der Waals surface area contributed by atoms with Crippen LogP contribution in [-0.2, 0) is 6.61 Å². The van der Waals surface area contributed by atoms with E-state index in [2.05, 4.69) is 23.7 Å². The Bertz CT molecular complexity index is 704. The fourth-order valence-corrected chi connectivity index (χ4v) is 3.54. The van der Waals surface area contributed by atoms with E-state index in [1.165, 1.54) is 16.9 Å². The molecule has 5 nitrogen and oxygen atoms in total. The Hall–Kier alpha value is -1.92. The molecular weight excluding hydrogens is 334 g/mol. The van der Waals surface area contributed by atoms with Crippen molar-refractivity contribution in [2.45, 2.75) is 33.4 Å². The van der Waals surface area contributed by atoms with Gasteiger partial charge in [0.1, 0.15) is 23.1 Å². The monoisotopic (exact) mass is 359 g/mol. The number of hydrogen-bond acceptors (Lipinski definition) is 5. The van der Waals surface area contributed by atoms with Crippen LogP contribution in [0.3, 0.4) is 0 Å². The average Bonchev–Trinajstić information content (AvgIpc) is 3.10. The minimum absolute atomic E-state index is 0.0289. The van der Waals surface area contributed by atoms with Crippen molar-refractivity contribution in [2.75, 3.05) is 26.2 Å². The molecule has 1 amide bonds. The van der Waals surface area contributed by atoms with E-state index in [1.54, 1.807) is 0 Å². The van der Waals surface area contributed by atoms with Gasteiger partial charge in [0.2, 0.25) is 0 Å². The fraction of sp³-hybridized carbons (Fsp3) is 0.474. The Morgan fingerprint density at radius 3 is 2.52 bits per heavy atom. The number of carbonyl (C=O) groups is 1. The first-order chi connectivity index (χ1) is 12.0. The first-order valence-corrected chi connectivity index (χ1v) is 9.58. The first kappa shape index (κ1) is 17.9. The molecule has 0 spiro atoms. The van der Waals surface area contributed by atoms with Gasteiger partial charge in [0.15, 0.2) is 0 Å². The summed E-state index contributed by atoms with van der Waals surface area (Å²) in [6, 6.07) is 8.46. The van der Waals surface area contributed by atoms with Crippen LogP contribution in [0.4, 0.5) is 0 Å². The predicted octanol–water partition coefficient (Wildman–Crippen LogP) is 3.20. The van der Waals surface area contributed by atoms with Crippen LogP contribution in [0.5, 0.6) is 5.75 Å². The van der Waals surface area contributed by atoms with Gasteiger partial charge in [0, 0.05) is 37.6 Å². The van der Waals surface area contributed by atoms with Crippen LogP contribution >= 0.6 is 11.3 Å². The lowest BCUT2D eigenvalue weighted by atomic mass is 10.2. The smallest absolute Gasteiger partial charge is 0.273 e. The first-order valence-electron chi connectivity index (χ1n) is 8.70. The molecule has 0 bridgehead atoms. The number of thiazole rings is 1. The van der Waals surface area contributed by atoms with E-state index in [0.717, 1.165) is 36.9 Å². The number of nitrogens with zero attached hydrogens (tertiary/aromatic N) is 3. The largest absolute Gasteiger partial charge is 0.486 e. The highest BCUT2D eigenvalue weighted by Gasteiger charge is 2.24. The number of benzene rings is 1. The zero-order valence-electron chi connectivity index (χ0n) is 15.1. The fourth-order valence-electron chi connectivity index (χ4n) is 2.86. The molecule has 1 aromatic heterocycles. The van der Waals surface area contributed by atoms with E-state index in [-0.39, 0.29) is 5.91 Å². The van der Waals surface area contributed by atoms with E-state index in [4.69, 9.17) is 4.74 Å². The Morgan fingerprint density at radius 2 is 1.88 bits per heavy atom. The van der Waals surface area contributed by atoms with Crippen LogP contribution in [0.1, 0.15) is 34.9 Å². The molecule has 0 aliphatic carbocycles. The van der Waals surface area contributed by atoms with E-state index >= 15 is 0 Å². The van der Waals surface area contributed by atoms with Crippen LogP contribution in [0.15, 0.2) is 29.6 Å². The lowest BCUT2D eigenvalue weighted by Crippen LogP contribution is -2.50. The molecule has 1 aliphatic heterocycles. The third-order valence-corrected chi connectivity index (χ3v) is 5.31. The summed E-state index contributed by atoms with van der Waals surface area (Å²) in [7, 11) is 0. The van der Waals surface area contributed by atoms with Gasteiger partial charge in [-0.2, -0.15) is 0 Å². The summed E-state index contributed by atoms with van der Waals surface area (Å²) in [6.45, 7) is 10.2. The van der Waals surface area contributed by atoms with Crippen molar-refractivity contribution in [1.82, 2.24) is 14.8 Å². The summed E-state index contributed by atoms with van der Waals surface area (Å²) < 4.78 is 5.74. The topological polar surface area (TPSA) is 45.7 Å². The van der Waals surface area contributed by atoms with Crippen molar-refractivity contribution in [3.8, 4) is 5.75 Å². The number of hydrogen-bond donors (Lipinski definition) is 0. The normalized spacial score (nSPS) is 15.6. The highest BCUT2D eigenvalue weighted by Crippen LogP contribution is 2.17. The molecule has 2 aromatic rings. The Balaban J connectivity index is 1.54. The van der Waals surface area contributed by atoms with E-state index in [0.29, 0.717) is 18.3 Å². The summed E-state index contributed by atoms with van der Waals surface area (Å²) in [5, 5.41) is 2.66. The van der Waals surface area contributed by atoms with Crippen LogP contribution in [-0.4, -0.2) is 52.9 Å². The summed E-state index contributed by atoms with van der Waals surface area (Å²) >= 11 is 1.48. The maximum atomic E-state index is 12.6. The molecule has 3 rings (SSSR count). The molecule has 1 aromatic carbocycles. The van der Waals surface area contributed by atoms with Gasteiger partial charge in [-0.1, -0.05) is 17.7 Å². The number of piperazine rings is 1. The van der Waals surface area contributed by atoms with Crippen LogP contribution in [0, 0.1) is 6.92 Å². The molecule has 0 N–H and O–H groups in total. The van der Waals surface area contributed by atoms with Crippen molar-refractivity contribution in [2.24, 2.45) is 0 Å². The molecule has 1 aliphatic rings. The van der Waals surface area contributed by atoms with Crippen LogP contribution < -0.4 is 4.74 Å². The number of carbonyl (C=O) groups excluding carboxylic acids is 1. The van der Waals surface area contributed by atoms with Gasteiger partial charge in [0.25, 0.3) is 5.91 Å². The van der Waals surface area contributed by atoms with Gasteiger partial charge in [-0.05, 0) is 32.9 Å². The summed E-state index contributed by atoms with van der Waals surface area (Å²) in [5.41, 5.74) is 1.73. The third kappa shape index (κ3) is 4.58. The molecule has 0 atom stereocenters. The third-order valence-electron chi connectivity index (χ3n) is 4.49. The van der Waals surface area contributed by atoms with E-state index in [1.807, 2.05) is 41.5 Å². The molecule has 1 fully saturated rings. The highest BCUT2D eigenvalue weighted by atomic mass is 32.1. The Kier molecular flexibility index (Phi) is 5.71. The van der Waals surface area contributed by atoms with Crippen molar-refractivity contribution in [3.05, 3.63) is 45.9 Å². The van der Waals surface area contributed by atoms with Crippen molar-refractivity contribution >= 4 is 17.2 Å². The maximum Gasteiger partial charge on any atom is 0.273 e. The van der Waals surface area contributed by atoms with Gasteiger partial charge in [0.05, 0.1) is 0 Å². The lowest BCUT2D eigenvalue weighted by Gasteiger charge is -2.36. The predicted molar refractivity (Wildman–Crippen MR) is 100 cm³/mol. The van der Waals surface area contributed by atoms with Gasteiger partial charge in [-0.15, -0.1) is 11.3 Å². The Morgan fingerprint density at radius 1 is 1.20 bits per heavy atom. The number of aromatic nitrogens is 1. The van der Waals surface area contributed by atoms with Gasteiger partial charge in [-0.25, -0.2) is 4.98 Å². The van der Waals surface area contributed by atoms with Gasteiger partial charge >= 0.3 is 0 Å². The minimum Gasteiger partial charge on any atom is -0.486 e. The maximum absolute atomic E-state index is 12.6. The minimum atomic E-state index is 0.0289. The lowest BCUT2D eigenvalue weighted by molar-refractivity contribution is 0.0590. The molecular formula is C19H25N3O2S. The van der Waals surface area contributed by atoms with E-state index < -0.39 is 0 Å². The summed E-state index contributed by atoms with van der Waals surface area (Å²) in [4.78, 5) is 21.4. The second-order valence-corrected chi connectivity index (χ2v) is 7.59. The molecule has 2 heterocycles.